The second kappa shape index (κ2) is 6.78. The molecule has 0 N–H and O–H groups in total. The van der Waals surface area contributed by atoms with Gasteiger partial charge in [-0.2, -0.15) is 0 Å². The molecule has 1 aliphatic rings. The number of cyclic esters (lactones) is 1. The molecule has 0 radical (unpaired) electrons. The zero-order chi connectivity index (χ0) is 17.1. The Labute approximate surface area is 147 Å². The number of allylic oxidation sites excluding steroid dienone is 1. The summed E-state index contributed by atoms with van der Waals surface area (Å²) in [6.07, 6.45) is 0.352. The zero-order valence-corrected chi connectivity index (χ0v) is 13.8. The van der Waals surface area contributed by atoms with Crippen molar-refractivity contribution in [2.24, 2.45) is 0 Å². The number of ether oxygens (including phenoxy) is 1. The van der Waals surface area contributed by atoms with Gasteiger partial charge in [0.15, 0.2) is 0 Å². The van der Waals surface area contributed by atoms with Gasteiger partial charge in [0.1, 0.15) is 5.76 Å². The van der Waals surface area contributed by atoms with Crippen LogP contribution in [0.2, 0.25) is 0 Å². The van der Waals surface area contributed by atoms with E-state index in [1.807, 2.05) is 66.7 Å². The second-order valence-corrected chi connectivity index (χ2v) is 6.12. The van der Waals surface area contributed by atoms with Crippen molar-refractivity contribution in [1.82, 2.24) is 0 Å². The summed E-state index contributed by atoms with van der Waals surface area (Å²) in [5, 5.41) is 0. The Bertz CT molecular complexity index is 897. The van der Waals surface area contributed by atoms with Crippen LogP contribution in [0.5, 0.6) is 0 Å². The summed E-state index contributed by atoms with van der Waals surface area (Å²) < 4.78 is 5.73. The second-order valence-electron chi connectivity index (χ2n) is 6.12. The first kappa shape index (κ1) is 15.4. The first-order valence-corrected chi connectivity index (χ1v) is 8.43. The van der Waals surface area contributed by atoms with Crippen LogP contribution in [-0.4, -0.2) is 5.97 Å². The van der Waals surface area contributed by atoms with Crippen molar-refractivity contribution in [2.45, 2.75) is 12.3 Å². The van der Waals surface area contributed by atoms with Crippen LogP contribution in [0.4, 0.5) is 0 Å². The van der Waals surface area contributed by atoms with Crippen LogP contribution in [0.25, 0.3) is 11.3 Å². The molecule has 1 unspecified atom stereocenters. The van der Waals surface area contributed by atoms with Crippen molar-refractivity contribution < 1.29 is 9.53 Å². The van der Waals surface area contributed by atoms with Crippen molar-refractivity contribution in [1.29, 1.82) is 0 Å². The first-order chi connectivity index (χ1) is 12.3. The fourth-order valence-electron chi connectivity index (χ4n) is 3.36. The van der Waals surface area contributed by atoms with E-state index in [2.05, 4.69) is 24.3 Å². The number of esters is 1. The molecular formula is C23H18O2. The van der Waals surface area contributed by atoms with E-state index in [1.165, 1.54) is 0 Å². The molecule has 0 saturated carbocycles. The van der Waals surface area contributed by atoms with E-state index in [0.717, 1.165) is 22.3 Å². The van der Waals surface area contributed by atoms with Crippen LogP contribution in [0, 0.1) is 0 Å². The summed E-state index contributed by atoms with van der Waals surface area (Å²) in [6, 6.07) is 30.2. The number of rotatable bonds is 3. The molecule has 0 aliphatic carbocycles. The minimum Gasteiger partial charge on any atom is -0.426 e. The molecule has 0 bridgehead atoms. The number of hydrogen-bond acceptors (Lipinski definition) is 2. The molecule has 0 fully saturated rings. The molecule has 0 amide bonds. The normalized spacial score (nSPS) is 17.3. The highest BCUT2D eigenvalue weighted by Crippen LogP contribution is 2.44. The molecule has 0 saturated heterocycles. The van der Waals surface area contributed by atoms with Gasteiger partial charge >= 0.3 is 5.97 Å². The number of hydrogen-bond donors (Lipinski definition) is 0. The smallest absolute Gasteiger partial charge is 0.312 e. The highest BCUT2D eigenvalue weighted by atomic mass is 16.5. The lowest BCUT2D eigenvalue weighted by Gasteiger charge is -2.28. The first-order valence-electron chi connectivity index (χ1n) is 8.43. The van der Waals surface area contributed by atoms with Crippen LogP contribution in [0.3, 0.4) is 0 Å². The Kier molecular flexibility index (Phi) is 4.17. The highest BCUT2D eigenvalue weighted by Gasteiger charge is 2.32. The molecule has 2 heteroatoms. The molecular weight excluding hydrogens is 308 g/mol. The standard InChI is InChI=1S/C23H18O2/c24-21-16-20(17-10-4-1-5-11-17)22(18-12-6-2-7-13-18)23(25-21)19-14-8-3-9-15-19/h1-15,20H,16H2. The van der Waals surface area contributed by atoms with E-state index in [1.54, 1.807) is 0 Å². The average molecular weight is 326 g/mol. The average Bonchev–Trinajstić information content (AvgIpc) is 2.69. The van der Waals surface area contributed by atoms with Gasteiger partial charge in [0.25, 0.3) is 0 Å². The molecule has 0 spiro atoms. The molecule has 3 aromatic carbocycles. The van der Waals surface area contributed by atoms with E-state index in [9.17, 15) is 4.79 Å². The predicted molar refractivity (Wildman–Crippen MR) is 99.6 cm³/mol. The molecule has 2 nitrogen and oxygen atoms in total. The van der Waals surface area contributed by atoms with Gasteiger partial charge < -0.3 is 4.74 Å². The summed E-state index contributed by atoms with van der Waals surface area (Å²) in [6.45, 7) is 0. The molecule has 1 atom stereocenters. The Morgan fingerprint density at radius 3 is 1.80 bits per heavy atom. The lowest BCUT2D eigenvalue weighted by Crippen LogP contribution is -2.19. The van der Waals surface area contributed by atoms with Crippen LogP contribution < -0.4 is 0 Å². The minimum atomic E-state index is -0.188. The summed E-state index contributed by atoms with van der Waals surface area (Å²) in [7, 11) is 0. The highest BCUT2D eigenvalue weighted by molar-refractivity contribution is 5.99. The van der Waals surface area contributed by atoms with Gasteiger partial charge in [-0.1, -0.05) is 91.0 Å². The maximum atomic E-state index is 12.4. The third kappa shape index (κ3) is 3.11. The summed E-state index contributed by atoms with van der Waals surface area (Å²) >= 11 is 0. The van der Waals surface area contributed by atoms with E-state index in [-0.39, 0.29) is 11.9 Å². The van der Waals surface area contributed by atoms with Crippen LogP contribution in [0.15, 0.2) is 91.0 Å². The monoisotopic (exact) mass is 326 g/mol. The molecule has 122 valence electrons. The Morgan fingerprint density at radius 1 is 0.680 bits per heavy atom. The number of benzene rings is 3. The quantitative estimate of drug-likeness (QED) is 0.612. The summed E-state index contributed by atoms with van der Waals surface area (Å²) in [5.41, 5.74) is 4.21. The maximum Gasteiger partial charge on any atom is 0.312 e. The number of carbonyl (C=O) groups is 1. The topological polar surface area (TPSA) is 26.3 Å². The largest absolute Gasteiger partial charge is 0.426 e. The van der Waals surface area contributed by atoms with Crippen LogP contribution >= 0.6 is 0 Å². The summed E-state index contributed by atoms with van der Waals surface area (Å²) in [5.74, 6) is 0.462. The van der Waals surface area contributed by atoms with Gasteiger partial charge in [0.05, 0.1) is 6.42 Å². The predicted octanol–water partition coefficient (Wildman–Crippen LogP) is 5.29. The maximum absolute atomic E-state index is 12.4. The van der Waals surface area contributed by atoms with Gasteiger partial charge in [-0.3, -0.25) is 4.79 Å². The molecule has 25 heavy (non-hydrogen) atoms. The zero-order valence-electron chi connectivity index (χ0n) is 13.8. The number of carbonyl (C=O) groups excluding carboxylic acids is 1. The Morgan fingerprint density at radius 2 is 1.20 bits per heavy atom. The lowest BCUT2D eigenvalue weighted by molar-refractivity contribution is -0.137. The Balaban J connectivity index is 1.96. The fraction of sp³-hybridized carbons (Fsp3) is 0.0870. The van der Waals surface area contributed by atoms with Gasteiger partial charge in [-0.05, 0) is 11.1 Å². The van der Waals surface area contributed by atoms with Crippen molar-refractivity contribution >= 4 is 17.3 Å². The molecule has 1 aliphatic heterocycles. The van der Waals surface area contributed by atoms with Gasteiger partial charge in [0.2, 0.25) is 0 Å². The lowest BCUT2D eigenvalue weighted by atomic mass is 9.81. The van der Waals surface area contributed by atoms with Crippen LogP contribution in [-0.2, 0) is 9.53 Å². The fourth-order valence-corrected chi connectivity index (χ4v) is 3.36. The van der Waals surface area contributed by atoms with Crippen molar-refractivity contribution in [3.8, 4) is 0 Å². The third-order valence-corrected chi connectivity index (χ3v) is 4.50. The van der Waals surface area contributed by atoms with Crippen LogP contribution in [0.1, 0.15) is 29.0 Å². The van der Waals surface area contributed by atoms with E-state index in [0.29, 0.717) is 12.2 Å². The minimum absolute atomic E-state index is 0.0138. The molecule has 3 aromatic rings. The van der Waals surface area contributed by atoms with Gasteiger partial charge in [-0.25, -0.2) is 0 Å². The van der Waals surface area contributed by atoms with E-state index >= 15 is 0 Å². The van der Waals surface area contributed by atoms with Gasteiger partial charge in [0, 0.05) is 17.1 Å². The summed E-state index contributed by atoms with van der Waals surface area (Å²) in [4.78, 5) is 12.4. The van der Waals surface area contributed by atoms with Crippen molar-refractivity contribution in [2.75, 3.05) is 0 Å². The Hall–Kier alpha value is -3.13. The molecule has 4 rings (SSSR count). The van der Waals surface area contributed by atoms with Gasteiger partial charge in [-0.15, -0.1) is 0 Å². The third-order valence-electron chi connectivity index (χ3n) is 4.50. The van der Waals surface area contributed by atoms with E-state index < -0.39 is 0 Å². The molecule has 0 aromatic heterocycles. The van der Waals surface area contributed by atoms with Crippen molar-refractivity contribution in [3.05, 3.63) is 108 Å². The van der Waals surface area contributed by atoms with E-state index in [4.69, 9.17) is 4.74 Å². The molecule has 1 heterocycles. The van der Waals surface area contributed by atoms with Crippen molar-refractivity contribution in [3.63, 3.8) is 0 Å². The SMILES string of the molecule is O=C1CC(c2ccccc2)C(c2ccccc2)=C(c2ccccc2)O1.